The van der Waals surface area contributed by atoms with E-state index >= 15 is 0 Å². The molecule has 0 rings (SSSR count). The summed E-state index contributed by atoms with van der Waals surface area (Å²) in [6.07, 6.45) is 4.80. The maximum absolute atomic E-state index is 11.1. The van der Waals surface area contributed by atoms with Crippen LogP contribution in [0.1, 0.15) is 6.92 Å². The van der Waals surface area contributed by atoms with Crippen LogP contribution in [0.25, 0.3) is 0 Å². The van der Waals surface area contributed by atoms with Gasteiger partial charge in [0.05, 0.1) is 7.11 Å². The fraction of sp³-hybridized carbons (Fsp3) is 0.444. The van der Waals surface area contributed by atoms with Crippen LogP contribution < -0.4 is 5.32 Å². The van der Waals surface area contributed by atoms with Gasteiger partial charge in [0.15, 0.2) is 6.04 Å². The zero-order valence-corrected chi connectivity index (χ0v) is 8.40. The first-order valence-electron chi connectivity index (χ1n) is 3.99. The van der Waals surface area contributed by atoms with E-state index < -0.39 is 23.9 Å². The van der Waals surface area contributed by atoms with Gasteiger partial charge < -0.3 is 14.8 Å². The van der Waals surface area contributed by atoms with Gasteiger partial charge in [0.1, 0.15) is 6.61 Å². The van der Waals surface area contributed by atoms with Crippen LogP contribution in [0, 0.1) is 12.3 Å². The van der Waals surface area contributed by atoms with Gasteiger partial charge >= 0.3 is 11.9 Å². The minimum atomic E-state index is -1.08. The first-order chi connectivity index (χ1) is 7.01. The predicted molar refractivity (Wildman–Crippen MR) is 49.4 cm³/mol. The summed E-state index contributed by atoms with van der Waals surface area (Å²) >= 11 is 0. The lowest BCUT2D eigenvalue weighted by atomic mass is 10.3. The van der Waals surface area contributed by atoms with Gasteiger partial charge in [-0.15, -0.1) is 6.42 Å². The normalized spacial score (nSPS) is 10.7. The van der Waals surface area contributed by atoms with E-state index in [0.717, 1.165) is 7.11 Å². The average Bonchev–Trinajstić information content (AvgIpc) is 2.22. The topological polar surface area (TPSA) is 81.7 Å². The quantitative estimate of drug-likeness (QED) is 0.470. The molecule has 0 saturated heterocycles. The Morgan fingerprint density at radius 1 is 1.47 bits per heavy atom. The highest BCUT2D eigenvalue weighted by Gasteiger charge is 2.21. The lowest BCUT2D eigenvalue weighted by Crippen LogP contribution is -2.44. The molecule has 0 fully saturated rings. The molecule has 0 unspecified atom stereocenters. The summed E-state index contributed by atoms with van der Waals surface area (Å²) in [5.74, 6) is -0.323. The number of methoxy groups -OCH3 is 1. The third kappa shape index (κ3) is 5.31. The van der Waals surface area contributed by atoms with Gasteiger partial charge in [-0.25, -0.2) is 4.79 Å². The minimum absolute atomic E-state index is 0.310. The third-order valence-electron chi connectivity index (χ3n) is 1.38. The van der Waals surface area contributed by atoms with E-state index in [4.69, 9.17) is 6.42 Å². The Morgan fingerprint density at radius 2 is 2.07 bits per heavy atom. The third-order valence-corrected chi connectivity index (χ3v) is 1.38. The first-order valence-corrected chi connectivity index (χ1v) is 3.99. The summed E-state index contributed by atoms with van der Waals surface area (Å²) in [4.78, 5) is 32.4. The van der Waals surface area contributed by atoms with Crippen LogP contribution in [-0.2, 0) is 23.9 Å². The van der Waals surface area contributed by atoms with E-state index in [0.29, 0.717) is 0 Å². The summed E-state index contributed by atoms with van der Waals surface area (Å²) in [5.41, 5.74) is 0. The molecule has 0 aliphatic carbocycles. The Bertz CT molecular complexity index is 304. The number of hydrogen-bond acceptors (Lipinski definition) is 5. The van der Waals surface area contributed by atoms with Gasteiger partial charge in [-0.3, -0.25) is 9.59 Å². The highest BCUT2D eigenvalue weighted by Crippen LogP contribution is 1.91. The van der Waals surface area contributed by atoms with E-state index in [1.165, 1.54) is 6.92 Å². The van der Waals surface area contributed by atoms with Crippen molar-refractivity contribution in [1.29, 1.82) is 0 Å². The van der Waals surface area contributed by atoms with Crippen molar-refractivity contribution in [1.82, 2.24) is 5.32 Å². The van der Waals surface area contributed by atoms with Crippen LogP contribution in [0.5, 0.6) is 0 Å². The summed E-state index contributed by atoms with van der Waals surface area (Å²) in [5, 5.41) is 2.15. The van der Waals surface area contributed by atoms with Gasteiger partial charge in [0, 0.05) is 6.92 Å². The Hall–Kier alpha value is -2.03. The molecule has 0 bridgehead atoms. The molecule has 0 aromatic carbocycles. The minimum Gasteiger partial charge on any atom is -0.467 e. The summed E-state index contributed by atoms with van der Waals surface area (Å²) in [7, 11) is 1.14. The van der Waals surface area contributed by atoms with Crippen molar-refractivity contribution in [3.05, 3.63) is 0 Å². The molecule has 0 aliphatic heterocycles. The average molecular weight is 213 g/mol. The molecule has 15 heavy (non-hydrogen) atoms. The molecule has 0 saturated carbocycles. The Balaban J connectivity index is 4.32. The second-order valence-corrected chi connectivity index (χ2v) is 2.50. The molecule has 0 aliphatic rings. The molecule has 0 radical (unpaired) electrons. The largest absolute Gasteiger partial charge is 0.467 e. The van der Waals surface area contributed by atoms with Gasteiger partial charge in [0.2, 0.25) is 0 Å². The lowest BCUT2D eigenvalue weighted by Gasteiger charge is -2.14. The van der Waals surface area contributed by atoms with Crippen LogP contribution in [0.15, 0.2) is 0 Å². The smallest absolute Gasteiger partial charge is 0.331 e. The standard InChI is InChI=1S/C9H11NO5/c1-4-8(12)10-7(9(13)14-3)5-15-6(2)11/h1,7H,5H2,2-3H3,(H,10,12)/t7-/m0/s1. The van der Waals surface area contributed by atoms with Crippen molar-refractivity contribution >= 4 is 17.8 Å². The number of amides is 1. The highest BCUT2D eigenvalue weighted by molar-refractivity contribution is 5.95. The number of terminal acetylenes is 1. The van der Waals surface area contributed by atoms with Crippen molar-refractivity contribution in [2.24, 2.45) is 0 Å². The molecule has 6 nitrogen and oxygen atoms in total. The zero-order chi connectivity index (χ0) is 11.8. The molecule has 1 N–H and O–H groups in total. The van der Waals surface area contributed by atoms with Gasteiger partial charge in [0.25, 0.3) is 5.91 Å². The molecule has 0 spiro atoms. The molecule has 0 heterocycles. The second-order valence-electron chi connectivity index (χ2n) is 2.50. The summed E-state index contributed by atoms with van der Waals surface area (Å²) in [6, 6.07) is -1.08. The van der Waals surface area contributed by atoms with E-state index in [1.54, 1.807) is 5.92 Å². The monoisotopic (exact) mass is 213 g/mol. The van der Waals surface area contributed by atoms with Crippen LogP contribution >= 0.6 is 0 Å². The maximum Gasteiger partial charge on any atom is 0.331 e. The fourth-order valence-corrected chi connectivity index (χ4v) is 0.711. The summed E-state index contributed by atoms with van der Waals surface area (Å²) in [6.45, 7) is 0.868. The number of esters is 2. The van der Waals surface area contributed by atoms with Crippen LogP contribution in [0.2, 0.25) is 0 Å². The first kappa shape index (κ1) is 13.0. The van der Waals surface area contributed by atoms with Crippen molar-refractivity contribution in [2.75, 3.05) is 13.7 Å². The molecule has 1 atom stereocenters. The molecular weight excluding hydrogens is 202 g/mol. The molecule has 82 valence electrons. The molecule has 1 amide bonds. The van der Waals surface area contributed by atoms with E-state index in [2.05, 4.69) is 14.8 Å². The van der Waals surface area contributed by atoms with Crippen LogP contribution in [-0.4, -0.2) is 37.6 Å². The Kier molecular flexibility index (Phi) is 5.56. The van der Waals surface area contributed by atoms with E-state index in [9.17, 15) is 14.4 Å². The lowest BCUT2D eigenvalue weighted by molar-refractivity contribution is -0.150. The summed E-state index contributed by atoms with van der Waals surface area (Å²) < 4.78 is 8.93. The number of nitrogens with one attached hydrogen (secondary N) is 1. The number of rotatable bonds is 4. The van der Waals surface area contributed by atoms with E-state index in [-0.39, 0.29) is 6.61 Å². The van der Waals surface area contributed by atoms with Crippen molar-refractivity contribution < 1.29 is 23.9 Å². The fourth-order valence-electron chi connectivity index (χ4n) is 0.711. The van der Waals surface area contributed by atoms with Gasteiger partial charge in [-0.2, -0.15) is 0 Å². The SMILES string of the molecule is C#CC(=O)N[C@@H](COC(C)=O)C(=O)OC. The number of carbonyl (C=O) groups excluding carboxylic acids is 3. The highest BCUT2D eigenvalue weighted by atomic mass is 16.5. The maximum atomic E-state index is 11.1. The second kappa shape index (κ2) is 6.43. The van der Waals surface area contributed by atoms with Gasteiger partial charge in [-0.1, -0.05) is 0 Å². The van der Waals surface area contributed by atoms with E-state index in [1.807, 2.05) is 0 Å². The van der Waals surface area contributed by atoms with Crippen LogP contribution in [0.3, 0.4) is 0 Å². The molecule has 6 heteroatoms. The number of hydrogen-bond donors (Lipinski definition) is 1. The Morgan fingerprint density at radius 3 is 2.47 bits per heavy atom. The van der Waals surface area contributed by atoms with Crippen molar-refractivity contribution in [3.63, 3.8) is 0 Å². The Labute approximate surface area is 86.9 Å². The molecule has 0 aromatic heterocycles. The predicted octanol–water partition coefficient (Wildman–Crippen LogP) is -1.16. The van der Waals surface area contributed by atoms with Crippen molar-refractivity contribution in [3.8, 4) is 12.3 Å². The molecule has 0 aromatic rings. The van der Waals surface area contributed by atoms with Gasteiger partial charge in [-0.05, 0) is 5.92 Å². The zero-order valence-electron chi connectivity index (χ0n) is 8.40. The van der Waals surface area contributed by atoms with Crippen LogP contribution in [0.4, 0.5) is 0 Å². The number of carbonyl (C=O) groups is 3. The van der Waals surface area contributed by atoms with Crippen molar-refractivity contribution in [2.45, 2.75) is 13.0 Å². The molecular formula is C9H11NO5. The number of ether oxygens (including phenoxy) is 2.